The first-order valence-corrected chi connectivity index (χ1v) is 6.76. The molecule has 1 heterocycles. The van der Waals surface area contributed by atoms with Gasteiger partial charge in [0, 0.05) is 20.2 Å². The Morgan fingerprint density at radius 3 is 2.43 bits per heavy atom. The average Bonchev–Trinajstić information content (AvgIpc) is 2.37. The van der Waals surface area contributed by atoms with Crippen LogP contribution >= 0.6 is 0 Å². The molecule has 0 aliphatic rings. The molecule has 7 heteroatoms. The maximum Gasteiger partial charge on any atom is 0.269 e. The number of hydrogen-bond donors (Lipinski definition) is 1. The zero-order valence-electron chi connectivity index (χ0n) is 13.1. The Morgan fingerprint density at radius 2 is 2.00 bits per heavy atom. The number of Topliss-reactive ketones (excluding diaryl/α,β-unsaturated/α-hetero) is 1. The molecule has 1 unspecified atom stereocenters. The maximum absolute atomic E-state index is 11.9. The van der Waals surface area contributed by atoms with Gasteiger partial charge in [-0.1, -0.05) is 13.8 Å². The van der Waals surface area contributed by atoms with E-state index in [0.29, 0.717) is 5.69 Å². The molecule has 0 radical (unpaired) electrons. The molecule has 0 saturated heterocycles. The monoisotopic (exact) mass is 294 g/mol. The number of nitrogens with one attached hydrogen (secondary N) is 1. The Bertz CT molecular complexity index is 578. The second-order valence-electron chi connectivity index (χ2n) is 5.50. The summed E-state index contributed by atoms with van der Waals surface area (Å²) >= 11 is 0. The van der Waals surface area contributed by atoms with Gasteiger partial charge in [-0.15, -0.1) is 0 Å². The first-order chi connectivity index (χ1) is 9.72. The van der Waals surface area contributed by atoms with Crippen molar-refractivity contribution in [2.75, 3.05) is 19.0 Å². The highest BCUT2D eigenvalue weighted by atomic mass is 16.2. The summed E-state index contributed by atoms with van der Waals surface area (Å²) in [6, 6.07) is 0.861. The van der Waals surface area contributed by atoms with Gasteiger partial charge in [-0.2, -0.15) is 5.10 Å². The normalized spacial score (nSPS) is 12.1. The van der Waals surface area contributed by atoms with Gasteiger partial charge < -0.3 is 10.2 Å². The highest BCUT2D eigenvalue weighted by Gasteiger charge is 2.20. The van der Waals surface area contributed by atoms with Crippen LogP contribution in [-0.4, -0.2) is 41.6 Å². The summed E-state index contributed by atoms with van der Waals surface area (Å²) in [7, 11) is 3.60. The lowest BCUT2D eigenvalue weighted by Crippen LogP contribution is -2.45. The van der Waals surface area contributed by atoms with Gasteiger partial charge in [-0.3, -0.25) is 14.4 Å². The van der Waals surface area contributed by atoms with Crippen molar-refractivity contribution in [3.63, 3.8) is 0 Å². The lowest BCUT2D eigenvalue weighted by atomic mass is 10.0. The molecular formula is C14H22N4O3. The lowest BCUT2D eigenvalue weighted by molar-refractivity contribution is -0.128. The standard InChI is InChI=1S/C14H22N4O3/c1-9(2)14(10(3)19)16-12(20)8-18-13(21)6-11(7-15-18)17(4)5/h6-7,9,14H,8H2,1-5H3,(H,16,20). The predicted molar refractivity (Wildman–Crippen MR) is 80.3 cm³/mol. The molecule has 1 aromatic rings. The third kappa shape index (κ3) is 4.70. The number of nitrogens with zero attached hydrogens (tertiary/aromatic N) is 3. The summed E-state index contributed by atoms with van der Waals surface area (Å²) in [5, 5.41) is 6.58. The molecular weight excluding hydrogens is 272 g/mol. The van der Waals surface area contributed by atoms with Gasteiger partial charge in [0.2, 0.25) is 5.91 Å². The summed E-state index contributed by atoms with van der Waals surface area (Å²) in [5.41, 5.74) is 0.306. The van der Waals surface area contributed by atoms with Gasteiger partial charge in [0.15, 0.2) is 5.78 Å². The van der Waals surface area contributed by atoms with Crippen molar-refractivity contribution in [1.82, 2.24) is 15.1 Å². The number of anilines is 1. The van der Waals surface area contributed by atoms with E-state index in [4.69, 9.17) is 0 Å². The van der Waals surface area contributed by atoms with Crippen molar-refractivity contribution in [3.05, 3.63) is 22.6 Å². The molecule has 0 spiro atoms. The highest BCUT2D eigenvalue weighted by Crippen LogP contribution is 2.04. The van der Waals surface area contributed by atoms with Gasteiger partial charge in [-0.05, 0) is 12.8 Å². The molecule has 0 bridgehead atoms. The number of carbonyl (C=O) groups excluding carboxylic acids is 2. The Hall–Kier alpha value is -2.18. The fourth-order valence-electron chi connectivity index (χ4n) is 1.88. The molecule has 1 N–H and O–H groups in total. The van der Waals surface area contributed by atoms with E-state index in [1.807, 2.05) is 13.8 Å². The van der Waals surface area contributed by atoms with Gasteiger partial charge in [-0.25, -0.2) is 4.68 Å². The first kappa shape index (κ1) is 16.9. The number of amides is 1. The maximum atomic E-state index is 11.9. The van der Waals surface area contributed by atoms with Gasteiger partial charge in [0.05, 0.1) is 17.9 Å². The number of ketones is 1. The summed E-state index contributed by atoms with van der Waals surface area (Å²) in [6.45, 7) is 4.93. The first-order valence-electron chi connectivity index (χ1n) is 6.76. The average molecular weight is 294 g/mol. The third-order valence-corrected chi connectivity index (χ3v) is 3.09. The molecule has 21 heavy (non-hydrogen) atoms. The minimum absolute atomic E-state index is 0.00718. The Morgan fingerprint density at radius 1 is 1.38 bits per heavy atom. The van der Waals surface area contributed by atoms with E-state index in [1.165, 1.54) is 19.2 Å². The van der Waals surface area contributed by atoms with Crippen molar-refractivity contribution in [1.29, 1.82) is 0 Å². The van der Waals surface area contributed by atoms with Gasteiger partial charge in [0.25, 0.3) is 5.56 Å². The summed E-state index contributed by atoms with van der Waals surface area (Å²) < 4.78 is 1.07. The molecule has 0 aromatic carbocycles. The zero-order valence-corrected chi connectivity index (χ0v) is 13.1. The van der Waals surface area contributed by atoms with E-state index in [2.05, 4.69) is 10.4 Å². The van der Waals surface area contributed by atoms with Gasteiger partial charge >= 0.3 is 0 Å². The summed E-state index contributed by atoms with van der Waals surface area (Å²) in [4.78, 5) is 37.0. The predicted octanol–water partition coefficient (Wildman–Crippen LogP) is 0.0391. The molecule has 0 aliphatic carbocycles. The number of aromatic nitrogens is 2. The molecule has 116 valence electrons. The van der Waals surface area contributed by atoms with Crippen molar-refractivity contribution in [2.45, 2.75) is 33.4 Å². The largest absolute Gasteiger partial charge is 0.376 e. The van der Waals surface area contributed by atoms with Crippen molar-refractivity contribution < 1.29 is 9.59 Å². The summed E-state index contributed by atoms with van der Waals surface area (Å²) in [6.07, 6.45) is 1.51. The molecule has 1 rings (SSSR count). The van der Waals surface area contributed by atoms with E-state index in [1.54, 1.807) is 19.0 Å². The molecule has 0 saturated carbocycles. The lowest BCUT2D eigenvalue weighted by Gasteiger charge is -2.19. The topological polar surface area (TPSA) is 84.3 Å². The van der Waals surface area contributed by atoms with E-state index in [-0.39, 0.29) is 23.8 Å². The second kappa shape index (κ2) is 7.01. The smallest absolute Gasteiger partial charge is 0.269 e. The fourth-order valence-corrected chi connectivity index (χ4v) is 1.88. The van der Waals surface area contributed by atoms with Crippen LogP contribution in [0.25, 0.3) is 0 Å². The minimum Gasteiger partial charge on any atom is -0.376 e. The highest BCUT2D eigenvalue weighted by molar-refractivity contribution is 5.87. The Kier molecular flexibility index (Phi) is 5.63. The summed E-state index contributed by atoms with van der Waals surface area (Å²) in [5.74, 6) is -0.523. The molecule has 1 atom stereocenters. The van der Waals surface area contributed by atoms with E-state index in [9.17, 15) is 14.4 Å². The van der Waals surface area contributed by atoms with Crippen LogP contribution in [0, 0.1) is 5.92 Å². The zero-order chi connectivity index (χ0) is 16.2. The van der Waals surface area contributed by atoms with Crippen LogP contribution in [0.4, 0.5) is 5.69 Å². The number of hydrogen-bond acceptors (Lipinski definition) is 5. The molecule has 7 nitrogen and oxygen atoms in total. The third-order valence-electron chi connectivity index (χ3n) is 3.09. The molecule has 1 amide bonds. The van der Waals surface area contributed by atoms with Crippen LogP contribution < -0.4 is 15.8 Å². The second-order valence-corrected chi connectivity index (χ2v) is 5.50. The Balaban J connectivity index is 2.80. The van der Waals surface area contributed by atoms with Crippen LogP contribution in [0.2, 0.25) is 0 Å². The number of carbonyl (C=O) groups is 2. The quantitative estimate of drug-likeness (QED) is 0.801. The van der Waals surface area contributed by atoms with Crippen LogP contribution in [0.15, 0.2) is 17.1 Å². The van der Waals surface area contributed by atoms with Crippen molar-refractivity contribution in [2.24, 2.45) is 5.92 Å². The molecule has 0 aliphatic heterocycles. The molecule has 1 aromatic heterocycles. The SMILES string of the molecule is CC(=O)C(NC(=O)Cn1ncc(N(C)C)cc1=O)C(C)C. The van der Waals surface area contributed by atoms with Crippen LogP contribution in [-0.2, 0) is 16.1 Å². The van der Waals surface area contributed by atoms with Crippen LogP contribution in [0.3, 0.4) is 0 Å². The van der Waals surface area contributed by atoms with Crippen molar-refractivity contribution >= 4 is 17.4 Å². The van der Waals surface area contributed by atoms with E-state index >= 15 is 0 Å². The Labute approximate surface area is 123 Å². The fraction of sp³-hybridized carbons (Fsp3) is 0.571. The minimum atomic E-state index is -0.547. The number of rotatable bonds is 6. The van der Waals surface area contributed by atoms with Crippen LogP contribution in [0.5, 0.6) is 0 Å². The van der Waals surface area contributed by atoms with Crippen molar-refractivity contribution in [3.8, 4) is 0 Å². The van der Waals surface area contributed by atoms with E-state index in [0.717, 1.165) is 4.68 Å². The van der Waals surface area contributed by atoms with E-state index < -0.39 is 11.9 Å². The van der Waals surface area contributed by atoms with Gasteiger partial charge in [0.1, 0.15) is 6.54 Å². The van der Waals surface area contributed by atoms with Crippen LogP contribution in [0.1, 0.15) is 20.8 Å². The molecule has 0 fully saturated rings.